The number of ether oxygens (including phenoxy) is 1. The lowest BCUT2D eigenvalue weighted by Gasteiger charge is -2.11. The molecule has 2 bridgehead atoms. The predicted molar refractivity (Wildman–Crippen MR) is 65.4 cm³/mol. The van der Waals surface area contributed by atoms with Crippen LogP contribution in [-0.4, -0.2) is 25.2 Å². The van der Waals surface area contributed by atoms with Crippen LogP contribution in [-0.2, 0) is 9.53 Å². The Morgan fingerprint density at radius 2 is 2.00 bits per heavy atom. The first-order chi connectivity index (χ1) is 8.22. The van der Waals surface area contributed by atoms with Gasteiger partial charge in [-0.1, -0.05) is 6.58 Å². The molecule has 3 rings (SSSR count). The number of esters is 1. The highest BCUT2D eigenvalue weighted by molar-refractivity contribution is 5.88. The number of nitrogens with one attached hydrogen (secondary N) is 1. The van der Waals surface area contributed by atoms with Gasteiger partial charge in [0.1, 0.15) is 0 Å². The molecule has 0 saturated heterocycles. The monoisotopic (exact) mass is 235 g/mol. The van der Waals surface area contributed by atoms with Gasteiger partial charge in [-0.2, -0.15) is 0 Å². The smallest absolute Gasteiger partial charge is 0.334 e. The van der Waals surface area contributed by atoms with E-state index >= 15 is 0 Å². The van der Waals surface area contributed by atoms with Gasteiger partial charge in [0.05, 0.1) is 6.61 Å². The van der Waals surface area contributed by atoms with Crippen molar-refractivity contribution in [2.45, 2.75) is 32.2 Å². The summed E-state index contributed by atoms with van der Waals surface area (Å²) in [4.78, 5) is 11.4. The maximum Gasteiger partial charge on any atom is 0.334 e. The Labute approximate surface area is 103 Å². The summed E-state index contributed by atoms with van der Waals surface area (Å²) in [5, 5.41) is 3.50. The summed E-state index contributed by atoms with van der Waals surface area (Å²) in [5.74, 6) is 3.50. The van der Waals surface area contributed by atoms with Crippen molar-refractivity contribution in [1.29, 1.82) is 0 Å². The van der Waals surface area contributed by atoms with E-state index in [1.165, 1.54) is 19.3 Å². The maximum atomic E-state index is 11.4. The lowest BCUT2D eigenvalue weighted by molar-refractivity contribution is -0.138. The number of hydrogen-bond acceptors (Lipinski definition) is 3. The second-order valence-electron chi connectivity index (χ2n) is 5.72. The van der Waals surface area contributed by atoms with Gasteiger partial charge in [0.25, 0.3) is 0 Å². The number of carbonyl (C=O) groups is 1. The zero-order valence-corrected chi connectivity index (χ0v) is 10.4. The van der Waals surface area contributed by atoms with Gasteiger partial charge < -0.3 is 10.1 Å². The van der Waals surface area contributed by atoms with E-state index in [-0.39, 0.29) is 5.97 Å². The zero-order chi connectivity index (χ0) is 12.0. The van der Waals surface area contributed by atoms with Crippen LogP contribution >= 0.6 is 0 Å². The number of hydrogen-bond donors (Lipinski definition) is 1. The Morgan fingerprint density at radius 1 is 1.35 bits per heavy atom. The number of fused-ring (bicyclic) bond motifs is 5. The summed E-state index contributed by atoms with van der Waals surface area (Å²) in [6.07, 6.45) is 4.33. The van der Waals surface area contributed by atoms with Gasteiger partial charge in [-0.3, -0.25) is 0 Å². The van der Waals surface area contributed by atoms with Crippen LogP contribution in [0.1, 0.15) is 26.2 Å². The van der Waals surface area contributed by atoms with E-state index in [0.29, 0.717) is 24.8 Å². The summed E-state index contributed by atoms with van der Waals surface area (Å²) in [6, 6.07) is 0.660. The fourth-order valence-electron chi connectivity index (χ4n) is 4.14. The van der Waals surface area contributed by atoms with Crippen LogP contribution in [0, 0.1) is 23.7 Å². The summed E-state index contributed by atoms with van der Waals surface area (Å²) < 4.78 is 4.93. The van der Waals surface area contributed by atoms with Crippen LogP contribution < -0.4 is 5.32 Å². The molecule has 0 spiro atoms. The molecule has 3 fully saturated rings. The molecule has 94 valence electrons. The highest BCUT2D eigenvalue weighted by atomic mass is 16.5. The highest BCUT2D eigenvalue weighted by Crippen LogP contribution is 2.65. The quantitative estimate of drug-likeness (QED) is 0.582. The van der Waals surface area contributed by atoms with Crippen molar-refractivity contribution < 1.29 is 9.53 Å². The third-order valence-corrected chi connectivity index (χ3v) is 4.85. The Kier molecular flexibility index (Phi) is 2.74. The molecule has 3 heteroatoms. The molecule has 0 heterocycles. The van der Waals surface area contributed by atoms with Crippen molar-refractivity contribution in [1.82, 2.24) is 5.32 Å². The molecule has 4 atom stereocenters. The Bertz CT molecular complexity index is 336. The molecule has 17 heavy (non-hydrogen) atoms. The van der Waals surface area contributed by atoms with Crippen LogP contribution in [0.25, 0.3) is 0 Å². The highest BCUT2D eigenvalue weighted by Gasteiger charge is 2.64. The van der Waals surface area contributed by atoms with Gasteiger partial charge in [0.15, 0.2) is 0 Å². The summed E-state index contributed by atoms with van der Waals surface area (Å²) in [5.41, 5.74) is 0.559. The first-order valence-corrected chi connectivity index (χ1v) is 6.80. The number of rotatable bonds is 5. The minimum absolute atomic E-state index is 0.256. The van der Waals surface area contributed by atoms with Gasteiger partial charge in [-0.15, -0.1) is 0 Å². The molecule has 3 saturated carbocycles. The summed E-state index contributed by atoms with van der Waals surface area (Å²) >= 11 is 0. The van der Waals surface area contributed by atoms with Crippen molar-refractivity contribution >= 4 is 5.97 Å². The van der Waals surface area contributed by atoms with Crippen LogP contribution in [0.15, 0.2) is 12.2 Å². The SMILES string of the molecule is C=C(CNC1C2C3CCC(C3)C12)C(=O)OCC. The first kappa shape index (κ1) is 11.3. The van der Waals surface area contributed by atoms with Gasteiger partial charge in [-0.05, 0) is 49.9 Å². The van der Waals surface area contributed by atoms with E-state index in [0.717, 1.165) is 23.7 Å². The van der Waals surface area contributed by atoms with E-state index < -0.39 is 0 Å². The molecule has 3 aliphatic rings. The van der Waals surface area contributed by atoms with Crippen molar-refractivity contribution in [3.05, 3.63) is 12.2 Å². The van der Waals surface area contributed by atoms with Crippen LogP contribution in [0.4, 0.5) is 0 Å². The molecular formula is C14H21NO2. The molecular weight excluding hydrogens is 214 g/mol. The molecule has 0 aromatic carbocycles. The van der Waals surface area contributed by atoms with Crippen LogP contribution in [0.3, 0.4) is 0 Å². The molecule has 0 aromatic heterocycles. The summed E-state index contributed by atoms with van der Waals surface area (Å²) in [6.45, 7) is 6.62. The topological polar surface area (TPSA) is 38.3 Å². The fraction of sp³-hybridized carbons (Fsp3) is 0.786. The number of carbonyl (C=O) groups excluding carboxylic acids is 1. The second kappa shape index (κ2) is 4.13. The molecule has 1 N–H and O–H groups in total. The van der Waals surface area contributed by atoms with Crippen molar-refractivity contribution in [3.63, 3.8) is 0 Å². The Balaban J connectivity index is 1.45. The largest absolute Gasteiger partial charge is 0.463 e. The molecule has 4 unspecified atom stereocenters. The van der Waals surface area contributed by atoms with Crippen LogP contribution in [0.2, 0.25) is 0 Å². The van der Waals surface area contributed by atoms with E-state index in [9.17, 15) is 4.79 Å². The maximum absolute atomic E-state index is 11.4. The third kappa shape index (κ3) is 1.81. The summed E-state index contributed by atoms with van der Waals surface area (Å²) in [7, 11) is 0. The standard InChI is InChI=1S/C14H21NO2/c1-3-17-14(16)8(2)7-15-13-11-9-4-5-10(6-9)12(11)13/h9-13,15H,2-7H2,1H3. The minimum Gasteiger partial charge on any atom is -0.463 e. The first-order valence-electron chi connectivity index (χ1n) is 6.80. The van der Waals surface area contributed by atoms with E-state index in [4.69, 9.17) is 4.74 Å². The van der Waals surface area contributed by atoms with E-state index in [2.05, 4.69) is 11.9 Å². The average molecular weight is 235 g/mol. The Hall–Kier alpha value is -0.830. The lowest BCUT2D eigenvalue weighted by atomic mass is 10.0. The van der Waals surface area contributed by atoms with Crippen molar-refractivity contribution in [2.75, 3.05) is 13.2 Å². The third-order valence-electron chi connectivity index (χ3n) is 4.85. The average Bonchev–Trinajstić information content (AvgIpc) is 2.70. The molecule has 3 aliphatic carbocycles. The van der Waals surface area contributed by atoms with E-state index in [1.54, 1.807) is 0 Å². The molecule has 0 aliphatic heterocycles. The van der Waals surface area contributed by atoms with Gasteiger partial charge in [0, 0.05) is 18.2 Å². The molecule has 0 aromatic rings. The van der Waals surface area contributed by atoms with E-state index in [1.807, 2.05) is 6.92 Å². The van der Waals surface area contributed by atoms with Crippen molar-refractivity contribution in [3.8, 4) is 0 Å². The Morgan fingerprint density at radius 3 is 2.59 bits per heavy atom. The van der Waals surface area contributed by atoms with Gasteiger partial charge in [0.2, 0.25) is 0 Å². The van der Waals surface area contributed by atoms with Crippen molar-refractivity contribution in [2.24, 2.45) is 23.7 Å². The normalized spacial score (nSPS) is 41.1. The molecule has 0 radical (unpaired) electrons. The fourth-order valence-corrected chi connectivity index (χ4v) is 4.14. The molecule has 3 nitrogen and oxygen atoms in total. The minimum atomic E-state index is -0.256. The van der Waals surface area contributed by atoms with Gasteiger partial charge in [-0.25, -0.2) is 4.79 Å². The zero-order valence-electron chi connectivity index (χ0n) is 10.4. The van der Waals surface area contributed by atoms with Crippen LogP contribution in [0.5, 0.6) is 0 Å². The predicted octanol–water partition coefficient (Wildman–Crippen LogP) is 1.74. The molecule has 0 amide bonds. The second-order valence-corrected chi connectivity index (χ2v) is 5.72. The lowest BCUT2D eigenvalue weighted by Crippen LogP contribution is -2.27. The van der Waals surface area contributed by atoms with Gasteiger partial charge >= 0.3 is 5.97 Å².